The zero-order chi connectivity index (χ0) is 18.4. The molecule has 0 spiro atoms. The summed E-state index contributed by atoms with van der Waals surface area (Å²) >= 11 is 0.440. The van der Waals surface area contributed by atoms with Crippen LogP contribution in [0.2, 0.25) is 0 Å². The predicted molar refractivity (Wildman–Crippen MR) is 92.3 cm³/mol. The third-order valence-corrected chi connectivity index (χ3v) is 6.20. The Bertz CT molecular complexity index is 750. The van der Waals surface area contributed by atoms with Crippen molar-refractivity contribution in [3.05, 3.63) is 23.9 Å². The van der Waals surface area contributed by atoms with Crippen molar-refractivity contribution in [2.75, 3.05) is 22.7 Å². The molecule has 0 aromatic carbocycles. The van der Waals surface area contributed by atoms with Crippen molar-refractivity contribution in [1.29, 1.82) is 0 Å². The van der Waals surface area contributed by atoms with Crippen LogP contribution < -0.4 is 3.13 Å². The Kier molecular flexibility index (Phi) is 7.74. The van der Waals surface area contributed by atoms with Crippen LogP contribution in [0.3, 0.4) is 0 Å². The van der Waals surface area contributed by atoms with E-state index in [2.05, 4.69) is 13.2 Å². The van der Waals surface area contributed by atoms with Crippen molar-refractivity contribution in [3.63, 3.8) is 0 Å². The Morgan fingerprint density at radius 1 is 1.36 bits per heavy atom. The van der Waals surface area contributed by atoms with Crippen LogP contribution >= 0.6 is 7.60 Å². The van der Waals surface area contributed by atoms with E-state index in [1.54, 1.807) is 13.8 Å². The number of anilines is 1. The molecule has 0 bridgehead atoms. The van der Waals surface area contributed by atoms with E-state index in [1.807, 2.05) is 19.1 Å². The van der Waals surface area contributed by atoms with E-state index >= 15 is 0 Å². The van der Waals surface area contributed by atoms with Crippen molar-refractivity contribution in [2.24, 2.45) is 0 Å². The summed E-state index contributed by atoms with van der Waals surface area (Å²) < 4.78 is 46.6. The van der Waals surface area contributed by atoms with Crippen LogP contribution in [-0.2, 0) is 24.8 Å². The second kappa shape index (κ2) is 9.36. The van der Waals surface area contributed by atoms with Gasteiger partial charge in [0.25, 0.3) is 0 Å². The second-order valence-electron chi connectivity index (χ2n) is 5.25. The summed E-state index contributed by atoms with van der Waals surface area (Å²) in [7, 11) is -3.25. The number of ether oxygens (including phenoxy) is 1. The van der Waals surface area contributed by atoms with E-state index in [1.165, 1.54) is 4.52 Å². The molecule has 0 fully saturated rings. The molecule has 0 radical (unpaired) electrons. The van der Waals surface area contributed by atoms with Gasteiger partial charge in [-0.2, -0.15) is 0 Å². The molecule has 1 atom stereocenters. The molecule has 2 rings (SSSR count). The molecule has 0 saturated carbocycles. The van der Waals surface area contributed by atoms with Gasteiger partial charge >= 0.3 is 148 Å². The molecule has 0 aliphatic heterocycles. The van der Waals surface area contributed by atoms with Crippen LogP contribution in [-0.4, -0.2) is 66.3 Å². The fourth-order valence-electron chi connectivity index (χ4n) is 2.36. The predicted octanol–water partition coefficient (Wildman–Crippen LogP) is 2.54. The van der Waals surface area contributed by atoms with Gasteiger partial charge in [-0.05, 0) is 13.8 Å². The molecule has 0 saturated heterocycles. The van der Waals surface area contributed by atoms with Crippen molar-refractivity contribution < 1.29 is 22.7 Å². The van der Waals surface area contributed by atoms with Gasteiger partial charge in [0.15, 0.2) is 0 Å². The van der Waals surface area contributed by atoms with Gasteiger partial charge < -0.3 is 0 Å². The van der Waals surface area contributed by atoms with Gasteiger partial charge in [0, 0.05) is 0 Å². The minimum atomic E-state index is -3.25. The van der Waals surface area contributed by atoms with Gasteiger partial charge in [-0.1, -0.05) is 0 Å². The van der Waals surface area contributed by atoms with E-state index in [0.717, 1.165) is 5.69 Å². The molecule has 0 aliphatic rings. The summed E-state index contributed by atoms with van der Waals surface area (Å²) in [6.07, 6.45) is -0.735. The van der Waals surface area contributed by atoms with Crippen LogP contribution in [0.25, 0.3) is 5.52 Å². The Balaban J connectivity index is 2.08. The normalized spacial score (nSPS) is 13.2. The minimum absolute atomic E-state index is 0.128. The first-order valence-corrected chi connectivity index (χ1v) is 11.9. The molecule has 0 amide bonds. The standard InChI is InChI=1S/C14H21FN4O4P.Tl/c1-4-22-24(20,23-5-2)9-21-10(3)8-11-6-7-12-13(16)17-14(15)18-19(11)12;/h6-7,10H,4-5,8-9H2,1-3H3,(H-,16,17,18);/q-1;+1. The molecule has 2 aromatic rings. The molecular weight excluding hydrogens is 543 g/mol. The molecule has 8 nitrogen and oxygen atoms in total. The van der Waals surface area contributed by atoms with Crippen LogP contribution in [0.4, 0.5) is 10.2 Å². The molecule has 1 unspecified atom stereocenters. The fraction of sp³-hybridized carbons (Fsp3) is 0.571. The summed E-state index contributed by atoms with van der Waals surface area (Å²) in [5.41, 5.74) is 1.48. The first-order chi connectivity index (χ1) is 11.9. The molecule has 1 N–H and O–H groups in total. The first kappa shape index (κ1) is 20.7. The average Bonchev–Trinajstić information content (AvgIpc) is 2.95. The van der Waals surface area contributed by atoms with E-state index in [4.69, 9.17) is 13.8 Å². The maximum absolute atomic E-state index is 13.6. The number of aromatic nitrogens is 3. The second-order valence-corrected chi connectivity index (χ2v) is 8.37. The number of halogens is 1. The molecule has 0 aliphatic carbocycles. The van der Waals surface area contributed by atoms with E-state index in [0.29, 0.717) is 43.8 Å². The Labute approximate surface area is 162 Å². The van der Waals surface area contributed by atoms with Crippen LogP contribution in [0.1, 0.15) is 26.5 Å². The monoisotopic (exact) mass is 564 g/mol. The minimum Gasteiger partial charge on any atom is -0.0410 e. The summed E-state index contributed by atoms with van der Waals surface area (Å²) in [4.78, 5) is 3.75. The van der Waals surface area contributed by atoms with Gasteiger partial charge in [0.1, 0.15) is 0 Å². The molecular formula is C14H21FN4O4PTl. The van der Waals surface area contributed by atoms with E-state index in [-0.39, 0.29) is 25.7 Å². The fourth-order valence-corrected chi connectivity index (χ4v) is 4.63. The van der Waals surface area contributed by atoms with Crippen molar-refractivity contribution in [1.82, 2.24) is 14.6 Å². The molecule has 25 heavy (non-hydrogen) atoms. The number of fused-ring (bicyclic) bond motifs is 1. The maximum atomic E-state index is 13.6. The van der Waals surface area contributed by atoms with Gasteiger partial charge in [-0.25, -0.2) is 0 Å². The quantitative estimate of drug-likeness (QED) is 0.351. The third-order valence-electron chi connectivity index (χ3n) is 3.37. The molecule has 136 valence electrons. The van der Waals surface area contributed by atoms with Crippen LogP contribution in [0, 0.1) is 6.08 Å². The van der Waals surface area contributed by atoms with Gasteiger partial charge in [-0.3, -0.25) is 0 Å². The number of nitrogens with zero attached hydrogens (tertiary/aromatic N) is 3. The average molecular weight is 564 g/mol. The Morgan fingerprint density at radius 2 is 2.04 bits per heavy atom. The molecule has 11 heteroatoms. The van der Waals surface area contributed by atoms with Crippen molar-refractivity contribution in [2.45, 2.75) is 33.3 Å². The van der Waals surface area contributed by atoms with Gasteiger partial charge in [0.2, 0.25) is 0 Å². The SMILES string of the molecule is CCOP(=O)(COC(C)Cc1ccc2c([NH][Tl])nc(F)nn12)OCC. The summed E-state index contributed by atoms with van der Waals surface area (Å²) in [6, 6.07) is 3.68. The number of nitrogens with one attached hydrogen (secondary N) is 1. The van der Waals surface area contributed by atoms with Gasteiger partial charge in [-0.15, -0.1) is 0 Å². The molecule has 2 aromatic heterocycles. The van der Waals surface area contributed by atoms with Crippen molar-refractivity contribution >= 4 is 45.0 Å². The van der Waals surface area contributed by atoms with E-state index < -0.39 is 13.7 Å². The molecule has 2 heterocycles. The van der Waals surface area contributed by atoms with Crippen LogP contribution in [0.15, 0.2) is 12.1 Å². The zero-order valence-electron chi connectivity index (χ0n) is 14.4. The van der Waals surface area contributed by atoms with Crippen molar-refractivity contribution in [3.8, 4) is 0 Å². The van der Waals surface area contributed by atoms with Crippen LogP contribution in [0.5, 0.6) is 0 Å². The number of rotatable bonds is 10. The van der Waals surface area contributed by atoms with E-state index in [9.17, 15) is 8.96 Å². The third kappa shape index (κ3) is 5.43. The number of hydrogen-bond acceptors (Lipinski definition) is 7. The summed E-state index contributed by atoms with van der Waals surface area (Å²) in [6.45, 7) is 5.90. The summed E-state index contributed by atoms with van der Waals surface area (Å²) in [5, 5.41) is 3.82. The smallest absolute Gasteiger partial charge is 0.0410 e. The topological polar surface area (TPSA) is 87.0 Å². The zero-order valence-corrected chi connectivity index (χ0v) is 19.8. The summed E-state index contributed by atoms with van der Waals surface area (Å²) in [5.74, 6) is 0.481. The first-order valence-electron chi connectivity index (χ1n) is 7.93. The Morgan fingerprint density at radius 3 is 2.64 bits per heavy atom. The Hall–Kier alpha value is -0.618. The van der Waals surface area contributed by atoms with Gasteiger partial charge in [0.05, 0.1) is 0 Å². The number of hydrogen-bond donors (Lipinski definition) is 1.